The summed E-state index contributed by atoms with van der Waals surface area (Å²) in [4.78, 5) is 16.6. The van der Waals surface area contributed by atoms with Gasteiger partial charge in [-0.3, -0.25) is 14.4 Å². The van der Waals surface area contributed by atoms with Crippen molar-refractivity contribution in [1.29, 1.82) is 5.26 Å². The van der Waals surface area contributed by atoms with E-state index in [0.717, 1.165) is 12.8 Å². The molecule has 0 amide bonds. The van der Waals surface area contributed by atoms with Crippen LogP contribution in [0.25, 0.3) is 0 Å². The van der Waals surface area contributed by atoms with Gasteiger partial charge in [-0.2, -0.15) is 5.26 Å². The molecule has 0 aliphatic carbocycles. The molecule has 0 bridgehead atoms. The zero-order chi connectivity index (χ0) is 17.7. The van der Waals surface area contributed by atoms with Crippen LogP contribution in [0.15, 0.2) is 34.1 Å². The van der Waals surface area contributed by atoms with Crippen LogP contribution < -0.4 is 5.56 Å². The average molecular weight is 344 g/mol. The fourth-order valence-electron chi connectivity index (χ4n) is 2.34. The Morgan fingerprint density at radius 3 is 2.75 bits per heavy atom. The third-order valence-electron chi connectivity index (χ3n) is 3.77. The molecule has 1 N–H and O–H groups in total. The predicted molar refractivity (Wildman–Crippen MR) is 95.4 cm³/mol. The van der Waals surface area contributed by atoms with Gasteiger partial charge in [-0.25, -0.2) is 0 Å². The van der Waals surface area contributed by atoms with Gasteiger partial charge in [0.25, 0.3) is 5.56 Å². The summed E-state index contributed by atoms with van der Waals surface area (Å²) < 4.78 is 1.23. The van der Waals surface area contributed by atoms with Crippen molar-refractivity contribution in [2.75, 3.05) is 0 Å². The molecule has 0 unspecified atom stereocenters. The Hall–Kier alpha value is -2.58. The minimum Gasteiger partial charge on any atom is -0.494 e. The largest absolute Gasteiger partial charge is 0.494 e. The van der Waals surface area contributed by atoms with Crippen LogP contribution in [0.4, 0.5) is 5.69 Å². The van der Waals surface area contributed by atoms with E-state index in [1.165, 1.54) is 10.8 Å². The first kappa shape index (κ1) is 17.8. The number of para-hydroxylation sites is 1. The van der Waals surface area contributed by atoms with E-state index in [-0.39, 0.29) is 11.4 Å². The van der Waals surface area contributed by atoms with Crippen LogP contribution in [-0.2, 0) is 6.54 Å². The van der Waals surface area contributed by atoms with E-state index in [1.807, 2.05) is 13.0 Å². The van der Waals surface area contributed by atoms with Crippen LogP contribution in [-0.4, -0.2) is 15.9 Å². The van der Waals surface area contributed by atoms with Crippen LogP contribution in [0.2, 0.25) is 5.02 Å². The Bertz CT molecular complexity index is 879. The highest BCUT2D eigenvalue weighted by atomic mass is 35.5. The number of nitrogens with zero attached hydrogens (tertiary/aromatic N) is 3. The first-order chi connectivity index (χ1) is 11.5. The van der Waals surface area contributed by atoms with Crippen molar-refractivity contribution in [3.05, 3.63) is 56.3 Å². The van der Waals surface area contributed by atoms with Gasteiger partial charge in [-0.05, 0) is 31.0 Å². The molecule has 0 radical (unpaired) electrons. The third kappa shape index (κ3) is 3.50. The molecular formula is C18H18ClN3O2. The molecule has 0 atom stereocenters. The van der Waals surface area contributed by atoms with Gasteiger partial charge in [0, 0.05) is 12.8 Å². The van der Waals surface area contributed by atoms with Crippen molar-refractivity contribution in [2.45, 2.75) is 33.2 Å². The van der Waals surface area contributed by atoms with E-state index in [0.29, 0.717) is 28.4 Å². The molecule has 24 heavy (non-hydrogen) atoms. The van der Waals surface area contributed by atoms with Gasteiger partial charge in [0.1, 0.15) is 11.6 Å². The molecule has 0 saturated carbocycles. The summed E-state index contributed by atoms with van der Waals surface area (Å²) >= 11 is 6.07. The van der Waals surface area contributed by atoms with Crippen molar-refractivity contribution >= 4 is 23.5 Å². The molecule has 0 saturated heterocycles. The van der Waals surface area contributed by atoms with Crippen molar-refractivity contribution in [1.82, 2.24) is 4.57 Å². The van der Waals surface area contributed by atoms with E-state index in [4.69, 9.17) is 11.6 Å². The summed E-state index contributed by atoms with van der Waals surface area (Å²) in [6, 6.07) is 8.97. The predicted octanol–water partition coefficient (Wildman–Crippen LogP) is 3.94. The van der Waals surface area contributed by atoms with Crippen LogP contribution in [0.5, 0.6) is 5.88 Å². The summed E-state index contributed by atoms with van der Waals surface area (Å²) in [5.41, 5.74) is 0.842. The van der Waals surface area contributed by atoms with Crippen LogP contribution in [0.1, 0.15) is 36.5 Å². The Kier molecular flexibility index (Phi) is 5.78. The quantitative estimate of drug-likeness (QED) is 0.835. The minimum absolute atomic E-state index is 0.0181. The minimum atomic E-state index is -0.476. The maximum Gasteiger partial charge on any atom is 0.271 e. The number of aromatic hydroxyl groups is 1. The van der Waals surface area contributed by atoms with Crippen LogP contribution in [0, 0.1) is 18.3 Å². The summed E-state index contributed by atoms with van der Waals surface area (Å²) in [6.07, 6.45) is 3.03. The number of hydrogen-bond acceptors (Lipinski definition) is 4. The third-order valence-corrected chi connectivity index (χ3v) is 4.09. The second kappa shape index (κ2) is 7.80. The first-order valence-electron chi connectivity index (χ1n) is 7.66. The SMILES string of the molecule is CCCCn1c(O)c(C=Nc2ccccc2Cl)c(C)c(C#N)c1=O. The van der Waals surface area contributed by atoms with Gasteiger partial charge in [-0.1, -0.05) is 37.1 Å². The topological polar surface area (TPSA) is 78.4 Å². The fourth-order valence-corrected chi connectivity index (χ4v) is 2.52. The average Bonchev–Trinajstić information content (AvgIpc) is 2.56. The first-order valence-corrected chi connectivity index (χ1v) is 8.04. The number of benzene rings is 1. The summed E-state index contributed by atoms with van der Waals surface area (Å²) in [5, 5.41) is 20.2. The molecule has 5 nitrogen and oxygen atoms in total. The summed E-state index contributed by atoms with van der Waals surface area (Å²) in [5.74, 6) is -0.180. The van der Waals surface area contributed by atoms with Crippen LogP contribution >= 0.6 is 11.6 Å². The Balaban J connectivity index is 2.59. The van der Waals surface area contributed by atoms with E-state index in [1.54, 1.807) is 31.2 Å². The lowest BCUT2D eigenvalue weighted by Crippen LogP contribution is -2.25. The Morgan fingerprint density at radius 2 is 2.12 bits per heavy atom. The van der Waals surface area contributed by atoms with E-state index in [2.05, 4.69) is 4.99 Å². The molecule has 0 aliphatic heterocycles. The molecule has 0 aliphatic rings. The second-order valence-corrected chi connectivity index (χ2v) is 5.78. The Labute approximate surface area is 145 Å². The second-order valence-electron chi connectivity index (χ2n) is 5.37. The number of pyridine rings is 1. The number of unbranched alkanes of at least 4 members (excludes halogenated alkanes) is 1. The number of aliphatic imine (C=N–C) groups is 1. The summed E-state index contributed by atoms with van der Waals surface area (Å²) in [7, 11) is 0. The van der Waals surface area contributed by atoms with E-state index >= 15 is 0 Å². The number of aromatic nitrogens is 1. The lowest BCUT2D eigenvalue weighted by atomic mass is 10.1. The molecule has 1 aromatic heterocycles. The van der Waals surface area contributed by atoms with Gasteiger partial charge in [0.2, 0.25) is 5.88 Å². The van der Waals surface area contributed by atoms with Gasteiger partial charge >= 0.3 is 0 Å². The van der Waals surface area contributed by atoms with Crippen molar-refractivity contribution in [2.24, 2.45) is 4.99 Å². The van der Waals surface area contributed by atoms with Crippen LogP contribution in [0.3, 0.4) is 0 Å². The molecule has 124 valence electrons. The Morgan fingerprint density at radius 1 is 1.42 bits per heavy atom. The molecule has 1 aromatic carbocycles. The number of nitriles is 1. The zero-order valence-electron chi connectivity index (χ0n) is 13.6. The van der Waals surface area contributed by atoms with Gasteiger partial charge in [0.05, 0.1) is 16.3 Å². The standard InChI is InChI=1S/C18H18ClN3O2/c1-3-4-9-22-17(23)13(10-20)12(2)14(18(22)24)11-21-16-8-6-5-7-15(16)19/h5-8,11,24H,3-4,9H2,1-2H3. The maximum absolute atomic E-state index is 12.3. The van der Waals surface area contributed by atoms with E-state index < -0.39 is 5.56 Å². The van der Waals surface area contributed by atoms with Gasteiger partial charge < -0.3 is 5.11 Å². The molecule has 0 spiro atoms. The highest BCUT2D eigenvalue weighted by molar-refractivity contribution is 6.33. The lowest BCUT2D eigenvalue weighted by Gasteiger charge is -2.13. The molecular weight excluding hydrogens is 326 g/mol. The van der Waals surface area contributed by atoms with Gasteiger partial charge in [-0.15, -0.1) is 0 Å². The summed E-state index contributed by atoms with van der Waals surface area (Å²) in [6.45, 7) is 3.96. The monoisotopic (exact) mass is 343 g/mol. The number of halogens is 1. The number of rotatable bonds is 5. The molecule has 0 fully saturated rings. The van der Waals surface area contributed by atoms with Crippen molar-refractivity contribution in [3.63, 3.8) is 0 Å². The van der Waals surface area contributed by atoms with Gasteiger partial charge in [0.15, 0.2) is 0 Å². The smallest absolute Gasteiger partial charge is 0.271 e. The molecule has 2 rings (SSSR count). The fraction of sp³-hybridized carbons (Fsp3) is 0.278. The normalized spacial score (nSPS) is 10.9. The highest BCUT2D eigenvalue weighted by Gasteiger charge is 2.17. The zero-order valence-corrected chi connectivity index (χ0v) is 14.3. The highest BCUT2D eigenvalue weighted by Crippen LogP contribution is 2.25. The molecule has 2 aromatic rings. The lowest BCUT2D eigenvalue weighted by molar-refractivity contribution is 0.400. The number of hydrogen-bond donors (Lipinski definition) is 1. The van der Waals surface area contributed by atoms with E-state index in [9.17, 15) is 15.2 Å². The van der Waals surface area contributed by atoms with Crippen molar-refractivity contribution in [3.8, 4) is 11.9 Å². The maximum atomic E-state index is 12.3. The molecule has 6 heteroatoms. The van der Waals surface area contributed by atoms with Crippen molar-refractivity contribution < 1.29 is 5.11 Å². The molecule has 1 heterocycles.